The molecule has 0 heterocycles. The summed E-state index contributed by atoms with van der Waals surface area (Å²) < 4.78 is 15.4. The molecule has 1 atom stereocenters. The third kappa shape index (κ3) is 6.42. The lowest BCUT2D eigenvalue weighted by atomic mass is 10.3. The summed E-state index contributed by atoms with van der Waals surface area (Å²) in [6, 6.07) is 0.522. The van der Waals surface area contributed by atoms with Gasteiger partial charge in [0.15, 0.2) is 6.66 Å². The zero-order valence-electron chi connectivity index (χ0n) is 7.70. The molecule has 0 aliphatic carbocycles. The summed E-state index contributed by atoms with van der Waals surface area (Å²) in [5, 5.41) is 0. The van der Waals surface area contributed by atoms with Gasteiger partial charge in [-0.1, -0.05) is 0 Å². The van der Waals surface area contributed by atoms with Gasteiger partial charge < -0.3 is 4.90 Å². The second-order valence-electron chi connectivity index (χ2n) is 2.85. The van der Waals surface area contributed by atoms with Crippen molar-refractivity contribution in [2.75, 3.05) is 26.9 Å². The summed E-state index contributed by atoms with van der Waals surface area (Å²) in [6.07, 6.45) is 0. The van der Waals surface area contributed by atoms with Gasteiger partial charge in [-0.3, -0.25) is 0 Å². The van der Waals surface area contributed by atoms with Crippen LogP contribution in [0.1, 0.15) is 13.8 Å². The minimum absolute atomic E-state index is 0.522. The summed E-state index contributed by atoms with van der Waals surface area (Å²) in [7, 11) is 0.597. The molecule has 66 valence electrons. The molecule has 1 unspecified atom stereocenters. The first-order chi connectivity index (χ1) is 5.04. The predicted molar refractivity (Wildman–Crippen MR) is 47.2 cm³/mol. The lowest BCUT2D eigenvalue weighted by Crippen LogP contribution is -2.29. The lowest BCUT2D eigenvalue weighted by molar-refractivity contribution is 0.215. The third-order valence-corrected chi connectivity index (χ3v) is 2.14. The van der Waals surface area contributed by atoms with Crippen LogP contribution in [-0.2, 0) is 9.09 Å². The average Bonchev–Trinajstić information content (AvgIpc) is 1.86. The highest BCUT2D eigenvalue weighted by Gasteiger charge is 2.08. The highest BCUT2D eigenvalue weighted by Crippen LogP contribution is 2.14. The molecule has 0 aliphatic rings. The van der Waals surface area contributed by atoms with Gasteiger partial charge in [0.05, 0.1) is 0 Å². The van der Waals surface area contributed by atoms with Gasteiger partial charge in [-0.25, -0.2) is 0 Å². The molecule has 0 N–H and O–H groups in total. The third-order valence-electron chi connectivity index (χ3n) is 1.60. The van der Waals surface area contributed by atoms with E-state index in [0.717, 1.165) is 6.54 Å². The molecule has 4 heteroatoms. The van der Waals surface area contributed by atoms with Crippen molar-refractivity contribution in [3.63, 3.8) is 0 Å². The van der Waals surface area contributed by atoms with Crippen molar-refractivity contribution >= 4 is 8.03 Å². The Kier molecular flexibility index (Phi) is 5.65. The summed E-state index contributed by atoms with van der Waals surface area (Å²) in [5.41, 5.74) is 0. The van der Waals surface area contributed by atoms with E-state index in [4.69, 9.17) is 4.52 Å². The van der Waals surface area contributed by atoms with Crippen LogP contribution in [0, 0.1) is 0 Å². The molecule has 0 aromatic carbocycles. The summed E-state index contributed by atoms with van der Waals surface area (Å²) >= 11 is 0. The zero-order chi connectivity index (χ0) is 8.85. The molecule has 0 spiro atoms. The van der Waals surface area contributed by atoms with Crippen LogP contribution in [0.4, 0.5) is 0 Å². The number of hydrogen-bond acceptors (Lipinski definition) is 3. The van der Waals surface area contributed by atoms with E-state index in [0.29, 0.717) is 12.6 Å². The maximum absolute atomic E-state index is 10.5. The maximum atomic E-state index is 10.5. The molecule has 11 heavy (non-hydrogen) atoms. The van der Waals surface area contributed by atoms with E-state index < -0.39 is 8.03 Å². The Hall–Kier alpha value is 0.0200. The van der Waals surface area contributed by atoms with Gasteiger partial charge in [-0.2, -0.15) is 0 Å². The zero-order valence-corrected chi connectivity index (χ0v) is 8.60. The topological polar surface area (TPSA) is 29.5 Å². The molecule has 0 amide bonds. The number of nitrogens with zero attached hydrogens (tertiary/aromatic N) is 1. The lowest BCUT2D eigenvalue weighted by Gasteiger charge is -2.18. The fraction of sp³-hybridized carbons (Fsp3) is 1.00. The van der Waals surface area contributed by atoms with E-state index in [1.165, 1.54) is 0 Å². The highest BCUT2D eigenvalue weighted by molar-refractivity contribution is 7.38. The van der Waals surface area contributed by atoms with Gasteiger partial charge in [0, 0.05) is 12.6 Å². The van der Waals surface area contributed by atoms with Crippen LogP contribution in [0.2, 0.25) is 0 Å². The summed E-state index contributed by atoms with van der Waals surface area (Å²) in [5.74, 6) is 0. The molecule has 3 nitrogen and oxygen atoms in total. The molecular weight excluding hydrogens is 161 g/mol. The van der Waals surface area contributed by atoms with E-state index >= 15 is 0 Å². The molecule has 0 bridgehead atoms. The summed E-state index contributed by atoms with van der Waals surface area (Å²) in [6.45, 7) is 7.20. The Morgan fingerprint density at radius 2 is 2.09 bits per heavy atom. The second-order valence-corrected chi connectivity index (χ2v) is 3.98. The highest BCUT2D eigenvalue weighted by atomic mass is 31.1. The second kappa shape index (κ2) is 5.64. The predicted octanol–water partition coefficient (Wildman–Crippen LogP) is 1.72. The molecule has 0 aliphatic heterocycles. The molecule has 0 saturated carbocycles. The monoisotopic (exact) mass is 178 g/mol. The van der Waals surface area contributed by atoms with E-state index in [2.05, 4.69) is 18.7 Å². The first kappa shape index (κ1) is 11.0. The van der Waals surface area contributed by atoms with Gasteiger partial charge in [-0.05, 0) is 25.5 Å². The van der Waals surface area contributed by atoms with Gasteiger partial charge in [-0.15, -0.1) is 4.52 Å². The first-order valence-electron chi connectivity index (χ1n) is 3.78. The minimum atomic E-state index is -1.43. The standard InChI is InChI=1S/C7H17NO2P/c1-7(2)8(3)5-6-10-11(4)9/h7H,5-6H2,1-4H3/q+1. The van der Waals surface area contributed by atoms with Crippen LogP contribution in [0.25, 0.3) is 0 Å². The molecule has 0 aromatic rings. The smallest absolute Gasteiger partial charge is 0.301 e. The van der Waals surface area contributed by atoms with Crippen LogP contribution in [0.5, 0.6) is 0 Å². The normalized spacial score (nSPS) is 12.7. The van der Waals surface area contributed by atoms with Gasteiger partial charge >= 0.3 is 8.03 Å². The van der Waals surface area contributed by atoms with Crippen LogP contribution >= 0.6 is 8.03 Å². The fourth-order valence-electron chi connectivity index (χ4n) is 0.572. The quantitative estimate of drug-likeness (QED) is 0.600. The Labute approximate surface area is 69.6 Å². The Morgan fingerprint density at radius 1 is 1.55 bits per heavy atom. The van der Waals surface area contributed by atoms with E-state index in [9.17, 15) is 4.57 Å². The molecular formula is C7H17NO2P+. The number of hydrogen-bond donors (Lipinski definition) is 0. The average molecular weight is 178 g/mol. The fourth-order valence-corrected chi connectivity index (χ4v) is 0.910. The van der Waals surface area contributed by atoms with Crippen molar-refractivity contribution < 1.29 is 9.09 Å². The molecule has 0 aromatic heterocycles. The molecule has 0 radical (unpaired) electrons. The van der Waals surface area contributed by atoms with E-state index in [-0.39, 0.29) is 0 Å². The SMILES string of the molecule is CC(C)N(C)CCO[P+](C)=O. The Bertz CT molecular complexity index is 128. The molecule has 0 saturated heterocycles. The van der Waals surface area contributed by atoms with Crippen molar-refractivity contribution in [3.05, 3.63) is 0 Å². The Balaban J connectivity index is 3.31. The minimum Gasteiger partial charge on any atom is -0.301 e. The number of likely N-dealkylation sites (N-methyl/N-ethyl adjacent to an activating group) is 1. The van der Waals surface area contributed by atoms with Crippen molar-refractivity contribution in [2.45, 2.75) is 19.9 Å². The van der Waals surface area contributed by atoms with Crippen LogP contribution in [0.3, 0.4) is 0 Å². The van der Waals surface area contributed by atoms with E-state index in [1.807, 2.05) is 7.05 Å². The first-order valence-corrected chi connectivity index (χ1v) is 5.40. The van der Waals surface area contributed by atoms with Gasteiger partial charge in [0.2, 0.25) is 0 Å². The molecule has 0 rings (SSSR count). The summed E-state index contributed by atoms with van der Waals surface area (Å²) in [4.78, 5) is 2.15. The maximum Gasteiger partial charge on any atom is 0.504 e. The van der Waals surface area contributed by atoms with Crippen LogP contribution in [-0.4, -0.2) is 37.8 Å². The number of rotatable bonds is 5. The van der Waals surface area contributed by atoms with Gasteiger partial charge in [0.25, 0.3) is 0 Å². The van der Waals surface area contributed by atoms with Crippen molar-refractivity contribution in [3.8, 4) is 0 Å². The van der Waals surface area contributed by atoms with Crippen molar-refractivity contribution in [2.24, 2.45) is 0 Å². The van der Waals surface area contributed by atoms with Crippen LogP contribution in [0.15, 0.2) is 0 Å². The van der Waals surface area contributed by atoms with Gasteiger partial charge in [0.1, 0.15) is 6.61 Å². The van der Waals surface area contributed by atoms with Crippen LogP contribution < -0.4 is 0 Å². The van der Waals surface area contributed by atoms with Crippen molar-refractivity contribution in [1.82, 2.24) is 4.90 Å². The van der Waals surface area contributed by atoms with E-state index in [1.54, 1.807) is 6.66 Å². The largest absolute Gasteiger partial charge is 0.504 e. The molecule has 0 fully saturated rings. The van der Waals surface area contributed by atoms with Crippen molar-refractivity contribution in [1.29, 1.82) is 0 Å². The Morgan fingerprint density at radius 3 is 2.45 bits per heavy atom.